The van der Waals surface area contributed by atoms with Gasteiger partial charge in [-0.25, -0.2) is 0 Å². The molecule has 0 aliphatic carbocycles. The fraction of sp³-hybridized carbons (Fsp3) is 0.625. The molecule has 1 saturated heterocycles. The van der Waals surface area contributed by atoms with E-state index in [1.165, 1.54) is 30.6 Å². The van der Waals surface area contributed by atoms with E-state index in [0.717, 1.165) is 23.7 Å². The summed E-state index contributed by atoms with van der Waals surface area (Å²) >= 11 is 8.25. The minimum absolute atomic E-state index is 0.498. The number of likely N-dealkylation sites (N-methyl/N-ethyl adjacent to an activating group) is 1. The van der Waals surface area contributed by atoms with Gasteiger partial charge in [0, 0.05) is 16.3 Å². The summed E-state index contributed by atoms with van der Waals surface area (Å²) in [5.41, 5.74) is 1.21. The highest BCUT2D eigenvalue weighted by atomic mass is 35.5. The molecule has 2 unspecified atom stereocenters. The third kappa shape index (κ3) is 4.31. The Balaban J connectivity index is 2.12. The maximum atomic E-state index is 6.14. The van der Waals surface area contributed by atoms with E-state index in [4.69, 9.17) is 16.3 Å². The molecule has 1 heterocycles. The molecule has 2 rings (SSSR count). The van der Waals surface area contributed by atoms with Crippen molar-refractivity contribution in [2.75, 3.05) is 19.4 Å². The van der Waals surface area contributed by atoms with Crippen LogP contribution in [0.25, 0.3) is 0 Å². The van der Waals surface area contributed by atoms with Crippen molar-refractivity contribution in [3.8, 4) is 5.75 Å². The van der Waals surface area contributed by atoms with Gasteiger partial charge in [0.1, 0.15) is 5.75 Å². The predicted octanol–water partition coefficient (Wildman–Crippen LogP) is 4.15. The quantitative estimate of drug-likeness (QED) is 0.852. The summed E-state index contributed by atoms with van der Waals surface area (Å²) < 4.78 is 5.47. The summed E-state index contributed by atoms with van der Waals surface area (Å²) in [6, 6.07) is 6.40. The lowest BCUT2D eigenvalue weighted by Crippen LogP contribution is -2.41. The van der Waals surface area contributed by atoms with Crippen LogP contribution in [-0.4, -0.2) is 30.7 Å². The van der Waals surface area contributed by atoms with Gasteiger partial charge in [0.2, 0.25) is 0 Å². The zero-order valence-electron chi connectivity index (χ0n) is 12.3. The topological polar surface area (TPSA) is 21.3 Å². The number of hydrogen-bond acceptors (Lipinski definition) is 3. The number of methoxy groups -OCH3 is 1. The minimum Gasteiger partial charge on any atom is -0.496 e. The fourth-order valence-electron chi connectivity index (χ4n) is 2.82. The standard InChI is InChI=1S/C16H24ClNOS/c1-3-18-14(16-6-4-5-9-20-16)11-12-10-13(17)7-8-15(12)19-2/h7-8,10,14,16,18H,3-6,9,11H2,1-2H3. The Morgan fingerprint density at radius 2 is 2.30 bits per heavy atom. The SMILES string of the molecule is CCNC(Cc1cc(Cl)ccc1OC)C1CCCCS1. The molecule has 1 aliphatic rings. The molecular weight excluding hydrogens is 290 g/mol. The Morgan fingerprint density at radius 3 is 2.95 bits per heavy atom. The van der Waals surface area contributed by atoms with Crippen LogP contribution in [0.15, 0.2) is 18.2 Å². The second kappa shape index (κ2) is 8.16. The van der Waals surface area contributed by atoms with Crippen molar-refractivity contribution in [2.24, 2.45) is 0 Å². The van der Waals surface area contributed by atoms with Crippen LogP contribution in [0, 0.1) is 0 Å². The average Bonchev–Trinajstić information content (AvgIpc) is 2.48. The maximum Gasteiger partial charge on any atom is 0.122 e. The molecule has 1 aromatic rings. The zero-order chi connectivity index (χ0) is 14.4. The van der Waals surface area contributed by atoms with Crippen molar-refractivity contribution in [2.45, 2.75) is 43.9 Å². The molecule has 0 radical (unpaired) electrons. The largest absolute Gasteiger partial charge is 0.496 e. The number of hydrogen-bond donors (Lipinski definition) is 1. The highest BCUT2D eigenvalue weighted by Crippen LogP contribution is 2.31. The second-order valence-electron chi connectivity index (χ2n) is 5.23. The Morgan fingerprint density at radius 1 is 1.45 bits per heavy atom. The Hall–Kier alpha value is -0.380. The Labute approximate surface area is 131 Å². The molecule has 1 aromatic carbocycles. The van der Waals surface area contributed by atoms with Crippen LogP contribution in [-0.2, 0) is 6.42 Å². The van der Waals surface area contributed by atoms with Gasteiger partial charge in [0.05, 0.1) is 7.11 Å². The van der Waals surface area contributed by atoms with Crippen LogP contribution in [0.1, 0.15) is 31.7 Å². The van der Waals surface area contributed by atoms with Crippen molar-refractivity contribution in [1.29, 1.82) is 0 Å². The normalized spacial score (nSPS) is 20.6. The van der Waals surface area contributed by atoms with E-state index in [0.29, 0.717) is 11.3 Å². The van der Waals surface area contributed by atoms with Crippen LogP contribution in [0.5, 0.6) is 5.75 Å². The lowest BCUT2D eigenvalue weighted by molar-refractivity contribution is 0.402. The van der Waals surface area contributed by atoms with Gasteiger partial charge in [-0.1, -0.05) is 24.9 Å². The van der Waals surface area contributed by atoms with Crippen LogP contribution in [0.2, 0.25) is 5.02 Å². The molecule has 0 saturated carbocycles. The van der Waals surface area contributed by atoms with Gasteiger partial charge < -0.3 is 10.1 Å². The van der Waals surface area contributed by atoms with Crippen LogP contribution in [0.3, 0.4) is 0 Å². The zero-order valence-corrected chi connectivity index (χ0v) is 13.9. The third-order valence-corrected chi connectivity index (χ3v) is 5.56. The van der Waals surface area contributed by atoms with E-state index < -0.39 is 0 Å². The predicted molar refractivity (Wildman–Crippen MR) is 89.3 cm³/mol. The van der Waals surface area contributed by atoms with Gasteiger partial charge in [-0.15, -0.1) is 0 Å². The summed E-state index contributed by atoms with van der Waals surface area (Å²) in [6.45, 7) is 3.18. The van der Waals surface area contributed by atoms with E-state index in [9.17, 15) is 0 Å². The monoisotopic (exact) mass is 313 g/mol. The molecule has 1 N–H and O–H groups in total. The molecule has 0 aromatic heterocycles. The Bertz CT molecular complexity index is 421. The molecule has 4 heteroatoms. The number of benzene rings is 1. The van der Waals surface area contributed by atoms with Gasteiger partial charge in [-0.3, -0.25) is 0 Å². The fourth-order valence-corrected chi connectivity index (χ4v) is 4.45. The van der Waals surface area contributed by atoms with Crippen molar-refractivity contribution in [1.82, 2.24) is 5.32 Å². The van der Waals surface area contributed by atoms with Crippen LogP contribution >= 0.6 is 23.4 Å². The molecule has 2 atom stereocenters. The minimum atomic E-state index is 0.498. The van der Waals surface area contributed by atoms with Gasteiger partial charge >= 0.3 is 0 Å². The van der Waals surface area contributed by atoms with E-state index in [2.05, 4.69) is 24.0 Å². The van der Waals surface area contributed by atoms with Gasteiger partial charge in [-0.05, 0) is 55.3 Å². The highest BCUT2D eigenvalue weighted by Gasteiger charge is 2.24. The van der Waals surface area contributed by atoms with Gasteiger partial charge in [0.25, 0.3) is 0 Å². The molecule has 0 spiro atoms. The van der Waals surface area contributed by atoms with Crippen molar-refractivity contribution in [3.05, 3.63) is 28.8 Å². The molecule has 0 bridgehead atoms. The summed E-state index contributed by atoms with van der Waals surface area (Å²) in [5, 5.41) is 5.14. The smallest absolute Gasteiger partial charge is 0.122 e. The van der Waals surface area contributed by atoms with E-state index >= 15 is 0 Å². The second-order valence-corrected chi connectivity index (χ2v) is 7.01. The lowest BCUT2D eigenvalue weighted by atomic mass is 9.98. The summed E-state index contributed by atoms with van der Waals surface area (Å²) in [7, 11) is 1.73. The highest BCUT2D eigenvalue weighted by molar-refractivity contribution is 8.00. The summed E-state index contributed by atoms with van der Waals surface area (Å²) in [4.78, 5) is 0. The molecule has 1 aliphatic heterocycles. The molecule has 20 heavy (non-hydrogen) atoms. The van der Waals surface area contributed by atoms with E-state index in [1.807, 2.05) is 18.2 Å². The molecular formula is C16H24ClNOS. The number of rotatable bonds is 6. The first-order valence-corrected chi connectivity index (χ1v) is 8.84. The van der Waals surface area contributed by atoms with Crippen LogP contribution < -0.4 is 10.1 Å². The first kappa shape index (κ1) is 16.0. The Kier molecular flexibility index (Phi) is 6.53. The number of thioether (sulfide) groups is 1. The van der Waals surface area contributed by atoms with E-state index in [1.54, 1.807) is 7.11 Å². The summed E-state index contributed by atoms with van der Waals surface area (Å²) in [5.74, 6) is 2.23. The van der Waals surface area contributed by atoms with Crippen molar-refractivity contribution < 1.29 is 4.74 Å². The molecule has 2 nitrogen and oxygen atoms in total. The first-order valence-electron chi connectivity index (χ1n) is 7.42. The third-order valence-electron chi connectivity index (χ3n) is 3.81. The maximum absolute atomic E-state index is 6.14. The molecule has 112 valence electrons. The van der Waals surface area contributed by atoms with Gasteiger partial charge in [0.15, 0.2) is 0 Å². The molecule has 0 amide bonds. The average molecular weight is 314 g/mol. The summed E-state index contributed by atoms with van der Waals surface area (Å²) in [6.07, 6.45) is 5.01. The molecule has 1 fully saturated rings. The van der Waals surface area contributed by atoms with Crippen molar-refractivity contribution in [3.63, 3.8) is 0 Å². The lowest BCUT2D eigenvalue weighted by Gasteiger charge is -2.31. The van der Waals surface area contributed by atoms with E-state index in [-0.39, 0.29) is 0 Å². The number of halogens is 1. The number of nitrogens with one attached hydrogen (secondary N) is 1. The van der Waals surface area contributed by atoms with Crippen LogP contribution in [0.4, 0.5) is 0 Å². The van der Waals surface area contributed by atoms with Crippen molar-refractivity contribution >= 4 is 23.4 Å². The number of ether oxygens (including phenoxy) is 1. The van der Waals surface area contributed by atoms with Gasteiger partial charge in [-0.2, -0.15) is 11.8 Å². The first-order chi connectivity index (χ1) is 9.74.